The molecule has 10 heteroatoms. The highest BCUT2D eigenvalue weighted by Gasteiger charge is 2.33. The maximum atomic E-state index is 6.44. The molecule has 0 saturated carbocycles. The van der Waals surface area contributed by atoms with E-state index >= 15 is 0 Å². The van der Waals surface area contributed by atoms with E-state index in [0.29, 0.717) is 48.4 Å². The molecule has 1 N–H and O–H groups in total. The highest BCUT2D eigenvalue weighted by Crippen LogP contribution is 2.26. The van der Waals surface area contributed by atoms with Crippen LogP contribution in [0.5, 0.6) is 11.5 Å². The van der Waals surface area contributed by atoms with Gasteiger partial charge in [0.2, 0.25) is 0 Å². The van der Waals surface area contributed by atoms with E-state index in [2.05, 4.69) is 10.3 Å². The van der Waals surface area contributed by atoms with Crippen LogP contribution in [-0.2, 0) is 14.3 Å². The average Bonchev–Trinajstić information content (AvgIpc) is 3.27. The number of aromatic nitrogens is 1. The molecule has 2 fully saturated rings. The third kappa shape index (κ3) is 4.40. The van der Waals surface area contributed by atoms with Crippen molar-refractivity contribution in [2.75, 3.05) is 37.8 Å². The van der Waals surface area contributed by atoms with Gasteiger partial charge in [0.05, 0.1) is 29.7 Å². The summed E-state index contributed by atoms with van der Waals surface area (Å²) in [6, 6.07) is 7.50. The standard InChI is InChI=1S/C21H23ClN4O5/c22-5-10-28-16-11-17-19(18(12-16)31-15-3-8-27-9-4-15)20(24-14-1-6-23-7-2-14)26-21(25-17)29-13-30-26/h1-2,6-7,11-12,15,21H,3-5,8-10,13H2,(H,23,24). The van der Waals surface area contributed by atoms with E-state index in [1.807, 2.05) is 24.3 Å². The van der Waals surface area contributed by atoms with Crippen molar-refractivity contribution in [3.63, 3.8) is 0 Å². The molecule has 2 saturated heterocycles. The Hall–Kier alpha value is -2.59. The van der Waals surface area contributed by atoms with Crippen LogP contribution < -0.4 is 25.4 Å². The second-order valence-electron chi connectivity index (χ2n) is 7.19. The van der Waals surface area contributed by atoms with Crippen LogP contribution in [0.15, 0.2) is 41.7 Å². The number of halogens is 1. The Balaban J connectivity index is 1.64. The van der Waals surface area contributed by atoms with Gasteiger partial charge in [0.15, 0.2) is 6.79 Å². The van der Waals surface area contributed by atoms with Crippen molar-refractivity contribution in [1.29, 1.82) is 0 Å². The van der Waals surface area contributed by atoms with Gasteiger partial charge < -0.3 is 24.3 Å². The second-order valence-corrected chi connectivity index (χ2v) is 7.56. The number of fused-ring (bicyclic) bond motifs is 2. The van der Waals surface area contributed by atoms with E-state index in [9.17, 15) is 0 Å². The van der Waals surface area contributed by atoms with E-state index < -0.39 is 6.35 Å². The number of nitrogens with zero attached hydrogens (tertiary/aromatic N) is 3. The van der Waals surface area contributed by atoms with E-state index in [0.717, 1.165) is 23.7 Å². The SMILES string of the molecule is ClCCOc1cc(OC2CCOCC2)c2c(c1)=NC1OCON1C=2Nc1ccncc1. The lowest BCUT2D eigenvalue weighted by atomic mass is 10.1. The fraction of sp³-hybridized carbons (Fsp3) is 0.429. The average molecular weight is 447 g/mol. The maximum absolute atomic E-state index is 6.44. The molecule has 5 rings (SSSR count). The molecule has 31 heavy (non-hydrogen) atoms. The molecule has 3 aliphatic rings. The van der Waals surface area contributed by atoms with Crippen LogP contribution in [0.25, 0.3) is 5.82 Å². The minimum atomic E-state index is -0.601. The van der Waals surface area contributed by atoms with E-state index in [4.69, 9.17) is 40.4 Å². The Morgan fingerprint density at radius 1 is 1.19 bits per heavy atom. The maximum Gasteiger partial charge on any atom is 0.255 e. The number of rotatable bonds is 7. The summed E-state index contributed by atoms with van der Waals surface area (Å²) in [6.07, 6.45) is 4.51. The number of ether oxygens (including phenoxy) is 4. The van der Waals surface area contributed by atoms with Crippen molar-refractivity contribution < 1.29 is 23.8 Å². The zero-order valence-corrected chi connectivity index (χ0v) is 17.6. The smallest absolute Gasteiger partial charge is 0.255 e. The predicted octanol–water partition coefficient (Wildman–Crippen LogP) is 1.57. The summed E-state index contributed by atoms with van der Waals surface area (Å²) in [5.74, 6) is 2.37. The van der Waals surface area contributed by atoms with Gasteiger partial charge in [-0.25, -0.2) is 9.83 Å². The molecule has 4 heterocycles. The highest BCUT2D eigenvalue weighted by molar-refractivity contribution is 6.18. The summed E-state index contributed by atoms with van der Waals surface area (Å²) in [4.78, 5) is 14.5. The number of hydrogen-bond donors (Lipinski definition) is 1. The van der Waals surface area contributed by atoms with Crippen molar-refractivity contribution >= 4 is 23.1 Å². The molecule has 1 aromatic heterocycles. The third-order valence-corrected chi connectivity index (χ3v) is 5.28. The lowest BCUT2D eigenvalue weighted by Crippen LogP contribution is -2.46. The molecule has 2 aromatic rings. The molecule has 164 valence electrons. The molecule has 0 bridgehead atoms. The molecule has 1 unspecified atom stereocenters. The minimum Gasteiger partial charge on any atom is -0.492 e. The van der Waals surface area contributed by atoms with Gasteiger partial charge in [-0.1, -0.05) is 0 Å². The summed E-state index contributed by atoms with van der Waals surface area (Å²) in [5, 5.41) is 6.52. The molecule has 0 spiro atoms. The largest absolute Gasteiger partial charge is 0.492 e. The molecule has 1 atom stereocenters. The fourth-order valence-corrected chi connectivity index (χ4v) is 3.76. The minimum absolute atomic E-state index is 0.0387. The Morgan fingerprint density at radius 2 is 2.03 bits per heavy atom. The van der Waals surface area contributed by atoms with Crippen molar-refractivity contribution in [1.82, 2.24) is 10.0 Å². The monoisotopic (exact) mass is 446 g/mol. The number of hydrogen-bond acceptors (Lipinski definition) is 9. The molecule has 0 aliphatic carbocycles. The summed E-state index contributed by atoms with van der Waals surface area (Å²) in [5.41, 5.74) is 0.853. The van der Waals surface area contributed by atoms with Gasteiger partial charge in [-0.15, -0.1) is 11.6 Å². The Morgan fingerprint density at radius 3 is 2.84 bits per heavy atom. The first-order valence-corrected chi connectivity index (χ1v) is 10.8. The molecular formula is C21H23ClN4O5. The zero-order chi connectivity index (χ0) is 21.0. The number of alkyl halides is 1. The van der Waals surface area contributed by atoms with Crippen molar-refractivity contribution in [3.8, 4) is 11.5 Å². The number of benzene rings is 1. The van der Waals surface area contributed by atoms with Gasteiger partial charge >= 0.3 is 0 Å². The van der Waals surface area contributed by atoms with Crippen LogP contribution in [0.3, 0.4) is 0 Å². The number of hydroxylamine groups is 2. The number of pyridine rings is 1. The van der Waals surface area contributed by atoms with Crippen molar-refractivity contribution in [3.05, 3.63) is 47.2 Å². The third-order valence-electron chi connectivity index (χ3n) is 5.12. The second kappa shape index (κ2) is 9.27. The lowest BCUT2D eigenvalue weighted by Gasteiger charge is -2.29. The van der Waals surface area contributed by atoms with Gasteiger partial charge in [-0.3, -0.25) is 4.98 Å². The summed E-state index contributed by atoms with van der Waals surface area (Å²) in [6.45, 7) is 1.85. The Kier molecular flexibility index (Phi) is 6.08. The first-order chi connectivity index (χ1) is 15.3. The van der Waals surface area contributed by atoms with Gasteiger partial charge in [0.25, 0.3) is 6.35 Å². The van der Waals surface area contributed by atoms with Gasteiger partial charge in [-0.05, 0) is 12.1 Å². The molecule has 1 aromatic carbocycles. The number of nitrogens with one attached hydrogen (secondary N) is 1. The van der Waals surface area contributed by atoms with Crippen LogP contribution in [0.2, 0.25) is 0 Å². The fourth-order valence-electron chi connectivity index (χ4n) is 3.69. The molecule has 0 radical (unpaired) electrons. The quantitative estimate of drug-likeness (QED) is 0.641. The zero-order valence-electron chi connectivity index (χ0n) is 16.8. The van der Waals surface area contributed by atoms with Crippen molar-refractivity contribution in [2.24, 2.45) is 4.99 Å². The highest BCUT2D eigenvalue weighted by atomic mass is 35.5. The summed E-state index contributed by atoms with van der Waals surface area (Å²) < 4.78 is 23.4. The normalized spacial score (nSPS) is 20.6. The van der Waals surface area contributed by atoms with Gasteiger partial charge in [0.1, 0.15) is 30.0 Å². The van der Waals surface area contributed by atoms with Crippen LogP contribution in [-0.4, -0.2) is 55.0 Å². The summed E-state index contributed by atoms with van der Waals surface area (Å²) >= 11 is 5.82. The van der Waals surface area contributed by atoms with E-state index in [1.54, 1.807) is 17.5 Å². The Labute approximate surface area is 184 Å². The summed E-state index contributed by atoms with van der Waals surface area (Å²) in [7, 11) is 0. The molecule has 9 nitrogen and oxygen atoms in total. The molecule has 0 amide bonds. The Bertz CT molecular complexity index is 1030. The predicted molar refractivity (Wildman–Crippen MR) is 112 cm³/mol. The topological polar surface area (TPSA) is 86.7 Å². The van der Waals surface area contributed by atoms with Crippen LogP contribution >= 0.6 is 11.6 Å². The number of anilines is 1. The molecule has 3 aliphatic heterocycles. The van der Waals surface area contributed by atoms with Gasteiger partial charge in [-0.2, -0.15) is 5.06 Å². The molecular weight excluding hydrogens is 424 g/mol. The first-order valence-electron chi connectivity index (χ1n) is 10.2. The lowest BCUT2D eigenvalue weighted by molar-refractivity contribution is -0.0787. The van der Waals surface area contributed by atoms with Crippen LogP contribution in [0, 0.1) is 0 Å². The van der Waals surface area contributed by atoms with E-state index in [-0.39, 0.29) is 12.9 Å². The van der Waals surface area contributed by atoms with Crippen LogP contribution in [0.1, 0.15) is 12.8 Å². The van der Waals surface area contributed by atoms with Crippen molar-refractivity contribution in [2.45, 2.75) is 25.3 Å². The first kappa shape index (κ1) is 20.3. The van der Waals surface area contributed by atoms with E-state index in [1.165, 1.54) is 0 Å². The van der Waals surface area contributed by atoms with Gasteiger partial charge in [0, 0.05) is 43.1 Å². The van der Waals surface area contributed by atoms with Crippen LogP contribution in [0.4, 0.5) is 5.69 Å².